The predicted molar refractivity (Wildman–Crippen MR) is 85.2 cm³/mol. The van der Waals surface area contributed by atoms with E-state index in [9.17, 15) is 18.0 Å². The van der Waals surface area contributed by atoms with Crippen molar-refractivity contribution < 1.29 is 22.2 Å². The maximum atomic E-state index is 12.3. The van der Waals surface area contributed by atoms with Gasteiger partial charge in [0.2, 0.25) is 0 Å². The molecule has 0 unspecified atom stereocenters. The molecular weight excluding hydrogens is 421 g/mol. The zero-order valence-electron chi connectivity index (χ0n) is 10.9. The fraction of sp³-hybridized carbons (Fsp3) is 0. The molecule has 1 aliphatic heterocycles. The Bertz CT molecular complexity index is 907. The van der Waals surface area contributed by atoms with Gasteiger partial charge in [0.05, 0.1) is 11.1 Å². The maximum absolute atomic E-state index is 12.3. The lowest BCUT2D eigenvalue weighted by atomic mass is 10.1. The number of benzene rings is 2. The molecule has 1 heterocycles. The van der Waals surface area contributed by atoms with Crippen LogP contribution in [0.15, 0.2) is 47.4 Å². The summed E-state index contributed by atoms with van der Waals surface area (Å²) in [6.07, 6.45) is 0. The molecule has 0 spiro atoms. The molecule has 0 aliphatic carbocycles. The first-order valence-corrected chi connectivity index (χ1v) is 8.55. The standard InChI is InChI=1S/C14H8INO5S/c15-8-2-1-3-9(6-8)21-22(19,20)10-4-5-11-12(7-10)14(18)16-13(11)17/h1-7H,(H,16,17,18). The van der Waals surface area contributed by atoms with E-state index in [1.165, 1.54) is 18.2 Å². The third kappa shape index (κ3) is 2.71. The van der Waals surface area contributed by atoms with Crippen LogP contribution in [0.1, 0.15) is 20.7 Å². The lowest BCUT2D eigenvalue weighted by molar-refractivity contribution is 0.0879. The Morgan fingerprint density at radius 2 is 1.68 bits per heavy atom. The Morgan fingerprint density at radius 1 is 0.955 bits per heavy atom. The number of halogens is 1. The lowest BCUT2D eigenvalue weighted by Gasteiger charge is -2.08. The SMILES string of the molecule is O=C1NC(=O)c2cc(S(=O)(=O)Oc3cccc(I)c3)ccc21. The van der Waals surface area contributed by atoms with Crippen LogP contribution < -0.4 is 9.50 Å². The molecule has 1 aliphatic rings. The number of carbonyl (C=O) groups excluding carboxylic acids is 2. The number of imide groups is 1. The minimum absolute atomic E-state index is 0.0253. The van der Waals surface area contributed by atoms with E-state index in [0.29, 0.717) is 0 Å². The van der Waals surface area contributed by atoms with Gasteiger partial charge >= 0.3 is 10.1 Å². The monoisotopic (exact) mass is 429 g/mol. The number of nitrogens with one attached hydrogen (secondary N) is 1. The number of hydrogen-bond acceptors (Lipinski definition) is 5. The average molecular weight is 429 g/mol. The van der Waals surface area contributed by atoms with E-state index in [1.807, 2.05) is 22.6 Å². The summed E-state index contributed by atoms with van der Waals surface area (Å²) >= 11 is 2.04. The van der Waals surface area contributed by atoms with Gasteiger partial charge in [-0.25, -0.2) is 0 Å². The normalized spacial score (nSPS) is 13.7. The minimum Gasteiger partial charge on any atom is -0.379 e. The molecule has 0 saturated heterocycles. The Balaban J connectivity index is 1.98. The predicted octanol–water partition coefficient (Wildman–Crippen LogP) is 1.94. The first-order chi connectivity index (χ1) is 10.4. The molecule has 22 heavy (non-hydrogen) atoms. The third-order valence-corrected chi connectivity index (χ3v) is 4.91. The number of hydrogen-bond donors (Lipinski definition) is 1. The molecule has 0 radical (unpaired) electrons. The molecule has 0 atom stereocenters. The van der Waals surface area contributed by atoms with Gasteiger partial charge in [-0.3, -0.25) is 14.9 Å². The second-order valence-corrected chi connectivity index (χ2v) is 7.28. The molecule has 0 saturated carbocycles. The molecule has 3 rings (SSSR count). The molecule has 6 nitrogen and oxygen atoms in total. The molecule has 0 fully saturated rings. The Morgan fingerprint density at radius 3 is 2.41 bits per heavy atom. The van der Waals surface area contributed by atoms with Gasteiger partial charge in [-0.15, -0.1) is 0 Å². The third-order valence-electron chi connectivity index (χ3n) is 3.00. The van der Waals surface area contributed by atoms with Crippen LogP contribution in [-0.4, -0.2) is 20.2 Å². The van der Waals surface area contributed by atoms with Crippen molar-refractivity contribution in [1.82, 2.24) is 5.32 Å². The lowest BCUT2D eigenvalue weighted by Crippen LogP contribution is -2.19. The van der Waals surface area contributed by atoms with Gasteiger partial charge in [0.25, 0.3) is 11.8 Å². The summed E-state index contributed by atoms with van der Waals surface area (Å²) in [6.45, 7) is 0. The van der Waals surface area contributed by atoms with Gasteiger partial charge in [-0.05, 0) is 59.0 Å². The summed E-state index contributed by atoms with van der Waals surface area (Å²) in [5, 5.41) is 2.10. The van der Waals surface area contributed by atoms with E-state index >= 15 is 0 Å². The molecule has 8 heteroatoms. The molecule has 2 aromatic carbocycles. The molecule has 2 amide bonds. The van der Waals surface area contributed by atoms with Crippen molar-refractivity contribution >= 4 is 44.5 Å². The van der Waals surface area contributed by atoms with Gasteiger partial charge in [-0.1, -0.05) is 6.07 Å². The van der Waals surface area contributed by atoms with Crippen LogP contribution in [0.2, 0.25) is 0 Å². The summed E-state index contributed by atoms with van der Waals surface area (Å²) in [5.41, 5.74) is 0.176. The number of rotatable bonds is 3. The van der Waals surface area contributed by atoms with Crippen molar-refractivity contribution in [3.8, 4) is 5.75 Å². The highest BCUT2D eigenvalue weighted by molar-refractivity contribution is 14.1. The van der Waals surface area contributed by atoms with E-state index in [2.05, 4.69) is 5.32 Å². The fourth-order valence-corrected chi connectivity index (χ4v) is 3.46. The first kappa shape index (κ1) is 15.0. The molecule has 1 N–H and O–H groups in total. The summed E-state index contributed by atoms with van der Waals surface area (Å²) in [6, 6.07) is 10.2. The molecule has 0 bridgehead atoms. The van der Waals surface area contributed by atoms with Gasteiger partial charge in [0, 0.05) is 3.57 Å². The van der Waals surface area contributed by atoms with Crippen LogP contribution in [0, 0.1) is 3.57 Å². The van der Waals surface area contributed by atoms with E-state index in [4.69, 9.17) is 4.18 Å². The minimum atomic E-state index is -4.09. The second kappa shape index (κ2) is 5.36. The largest absolute Gasteiger partial charge is 0.379 e. The van der Waals surface area contributed by atoms with Gasteiger partial charge in [0.1, 0.15) is 10.6 Å². The van der Waals surface area contributed by atoms with Crippen molar-refractivity contribution in [2.75, 3.05) is 0 Å². The van der Waals surface area contributed by atoms with E-state index in [0.717, 1.165) is 9.64 Å². The van der Waals surface area contributed by atoms with Crippen molar-refractivity contribution in [2.24, 2.45) is 0 Å². The van der Waals surface area contributed by atoms with Crippen molar-refractivity contribution in [3.05, 3.63) is 57.2 Å². The van der Waals surface area contributed by atoms with E-state index < -0.39 is 21.9 Å². The quantitative estimate of drug-likeness (QED) is 0.458. The van der Waals surface area contributed by atoms with Gasteiger partial charge < -0.3 is 4.18 Å². The summed E-state index contributed by atoms with van der Waals surface area (Å²) in [7, 11) is -4.09. The van der Waals surface area contributed by atoms with Crippen molar-refractivity contribution in [3.63, 3.8) is 0 Å². The highest BCUT2D eigenvalue weighted by Gasteiger charge is 2.29. The van der Waals surface area contributed by atoms with Crippen LogP contribution in [0.3, 0.4) is 0 Å². The molecular formula is C14H8INO5S. The smallest absolute Gasteiger partial charge is 0.339 e. The van der Waals surface area contributed by atoms with Crippen LogP contribution in [0.5, 0.6) is 5.75 Å². The molecule has 2 aromatic rings. The average Bonchev–Trinajstić information content (AvgIpc) is 2.73. The highest BCUT2D eigenvalue weighted by atomic mass is 127. The first-order valence-electron chi connectivity index (χ1n) is 6.06. The van der Waals surface area contributed by atoms with Crippen LogP contribution in [-0.2, 0) is 10.1 Å². The number of amides is 2. The van der Waals surface area contributed by atoms with Gasteiger partial charge in [0.15, 0.2) is 0 Å². The Labute approximate surface area is 139 Å². The maximum Gasteiger partial charge on any atom is 0.339 e. The molecule has 0 aromatic heterocycles. The Hall–Kier alpha value is -1.94. The fourth-order valence-electron chi connectivity index (χ4n) is 2.00. The zero-order chi connectivity index (χ0) is 15.9. The summed E-state index contributed by atoms with van der Waals surface area (Å²) in [5.74, 6) is -0.985. The summed E-state index contributed by atoms with van der Waals surface area (Å²) in [4.78, 5) is 22.9. The highest BCUT2D eigenvalue weighted by Crippen LogP contribution is 2.24. The molecule has 112 valence electrons. The van der Waals surface area contributed by atoms with E-state index in [-0.39, 0.29) is 21.8 Å². The second-order valence-electron chi connectivity index (χ2n) is 4.49. The zero-order valence-corrected chi connectivity index (χ0v) is 13.8. The van der Waals surface area contributed by atoms with Crippen LogP contribution >= 0.6 is 22.6 Å². The Kier molecular flexibility index (Phi) is 3.65. The van der Waals surface area contributed by atoms with Crippen LogP contribution in [0.25, 0.3) is 0 Å². The number of fused-ring (bicyclic) bond motifs is 1. The van der Waals surface area contributed by atoms with Crippen molar-refractivity contribution in [2.45, 2.75) is 4.90 Å². The topological polar surface area (TPSA) is 89.5 Å². The van der Waals surface area contributed by atoms with Crippen molar-refractivity contribution in [1.29, 1.82) is 0 Å². The summed E-state index contributed by atoms with van der Waals surface area (Å²) < 4.78 is 30.4. The van der Waals surface area contributed by atoms with E-state index in [1.54, 1.807) is 18.2 Å². The number of carbonyl (C=O) groups is 2. The van der Waals surface area contributed by atoms with Crippen LogP contribution in [0.4, 0.5) is 0 Å². The van der Waals surface area contributed by atoms with Gasteiger partial charge in [-0.2, -0.15) is 8.42 Å².